The molecule has 1 fully saturated rings. The maximum atomic E-state index is 5.56. The molecule has 16 heteroatoms. The van der Waals surface area contributed by atoms with Crippen LogP contribution >= 0.6 is 14.2 Å². The van der Waals surface area contributed by atoms with Crippen molar-refractivity contribution in [3.05, 3.63) is 0 Å². The molecule has 0 aromatic rings. The average Bonchev–Trinajstić information content (AvgIpc) is 2.82. The Morgan fingerprint density at radius 3 is 0.667 bits per heavy atom. The molecule has 0 aromatic heterocycles. The topological polar surface area (TPSA) is 235 Å². The minimum absolute atomic E-state index is 0. The maximum absolute atomic E-state index is 5.56. The van der Waals surface area contributed by atoms with Crippen LogP contribution in [0.3, 0.4) is 0 Å². The standard InChI is InChI=1S/C20H46N6O4.BrH.Ni.4H2O/c1-5-23-9-13-27-17-18-29-15-11-25-7-3-22-4-8-26-12-16-30-20-19-28-14-10-24-6-2-21-1;;;;;;/h21-26H,1-20H2;1H;;4*1H2/q;;+1;;;;/p-1. The van der Waals surface area contributed by atoms with E-state index in [0.717, 1.165) is 78.5 Å². The minimum atomic E-state index is 0. The van der Waals surface area contributed by atoms with Crippen molar-refractivity contribution >= 4 is 14.2 Å². The van der Waals surface area contributed by atoms with Gasteiger partial charge in [-0.05, 0) is 0 Å². The summed E-state index contributed by atoms with van der Waals surface area (Å²) in [6.07, 6.45) is 0. The zero-order valence-corrected chi connectivity index (χ0v) is 24.0. The molecule has 14 N–H and O–H groups in total. The van der Waals surface area contributed by atoms with E-state index >= 15 is 0 Å². The molecule has 229 valence electrons. The van der Waals surface area contributed by atoms with Gasteiger partial charge in [0.15, 0.2) is 0 Å². The molecule has 1 heterocycles. The van der Waals surface area contributed by atoms with Crippen LogP contribution in [0.5, 0.6) is 0 Å². The molecule has 0 spiro atoms. The van der Waals surface area contributed by atoms with Crippen molar-refractivity contribution in [2.75, 3.05) is 131 Å². The summed E-state index contributed by atoms with van der Waals surface area (Å²) in [5, 5.41) is 20.3. The molecule has 0 aliphatic carbocycles. The molecule has 36 heavy (non-hydrogen) atoms. The quantitative estimate of drug-likeness (QED) is 0.138. The molecule has 0 atom stereocenters. The molecule has 0 aromatic carbocycles. The van der Waals surface area contributed by atoms with E-state index in [1.54, 1.807) is 0 Å². The number of ether oxygens (including phenoxy) is 4. The fourth-order valence-corrected chi connectivity index (χ4v) is 2.68. The SMILES string of the molecule is C1CNCCOCCOCCNCCNCCNCCOCCOCCNCCN1.O.O.O.O.[Ni][Br]. The average molecular weight is 645 g/mol. The van der Waals surface area contributed by atoms with Gasteiger partial charge in [-0.25, -0.2) is 0 Å². The molecule has 0 unspecified atom stereocenters. The third kappa shape index (κ3) is 41.5. The summed E-state index contributed by atoms with van der Waals surface area (Å²) in [4.78, 5) is 0. The molecule has 0 radical (unpaired) electrons. The summed E-state index contributed by atoms with van der Waals surface area (Å²) in [6, 6.07) is 0. The summed E-state index contributed by atoms with van der Waals surface area (Å²) >= 11 is 6.25. The number of halogens is 1. The summed E-state index contributed by atoms with van der Waals surface area (Å²) < 4.78 is 22.2. The fourth-order valence-electron chi connectivity index (χ4n) is 2.68. The van der Waals surface area contributed by atoms with Gasteiger partial charge in [0.05, 0.1) is 52.9 Å². The summed E-state index contributed by atoms with van der Waals surface area (Å²) in [5.74, 6) is 0. The van der Waals surface area contributed by atoms with Crippen LogP contribution in [-0.2, 0) is 32.6 Å². The van der Waals surface area contributed by atoms with Gasteiger partial charge in [0, 0.05) is 78.5 Å². The molecular formula is C20H54BrN6NiO8. The first-order chi connectivity index (χ1) is 16.0. The van der Waals surface area contributed by atoms with Gasteiger partial charge < -0.3 is 72.8 Å². The van der Waals surface area contributed by atoms with Gasteiger partial charge >= 0.3 is 27.9 Å². The first-order valence-corrected chi connectivity index (χ1v) is 14.1. The third-order valence-electron chi connectivity index (χ3n) is 4.35. The summed E-state index contributed by atoms with van der Waals surface area (Å²) in [6.45, 7) is 16.5. The zero-order chi connectivity index (χ0) is 23.2. The van der Waals surface area contributed by atoms with Crippen LogP contribution in [0.25, 0.3) is 0 Å². The molecule has 0 amide bonds. The van der Waals surface area contributed by atoms with Crippen molar-refractivity contribution in [2.24, 2.45) is 0 Å². The van der Waals surface area contributed by atoms with E-state index in [1.807, 2.05) is 0 Å². The van der Waals surface area contributed by atoms with Crippen molar-refractivity contribution in [1.82, 2.24) is 31.9 Å². The Morgan fingerprint density at radius 2 is 0.472 bits per heavy atom. The molecule has 1 rings (SSSR count). The van der Waals surface area contributed by atoms with Crippen LogP contribution < -0.4 is 31.9 Å². The van der Waals surface area contributed by atoms with E-state index in [1.165, 1.54) is 0 Å². The number of nitrogens with one attached hydrogen (secondary N) is 6. The number of hydrogen-bond acceptors (Lipinski definition) is 10. The molecule has 1 aliphatic rings. The Bertz CT molecular complexity index is 207. The van der Waals surface area contributed by atoms with Gasteiger partial charge in [0.2, 0.25) is 0 Å². The monoisotopic (exact) mass is 643 g/mol. The third-order valence-corrected chi connectivity index (χ3v) is 4.35. The van der Waals surface area contributed by atoms with Crippen LogP contribution in [-0.4, -0.2) is 153 Å². The van der Waals surface area contributed by atoms with E-state index in [0.29, 0.717) is 52.9 Å². The van der Waals surface area contributed by atoms with Gasteiger partial charge in [-0.15, -0.1) is 0 Å². The van der Waals surface area contributed by atoms with Crippen LogP contribution in [0, 0.1) is 0 Å². The predicted octanol–water partition coefficient (Wildman–Crippen LogP) is -4.85. The van der Waals surface area contributed by atoms with Crippen LogP contribution in [0.4, 0.5) is 0 Å². The predicted molar refractivity (Wildman–Crippen MR) is 144 cm³/mol. The first-order valence-electron chi connectivity index (χ1n) is 11.7. The van der Waals surface area contributed by atoms with E-state index in [-0.39, 0.29) is 21.9 Å². The Labute approximate surface area is 231 Å². The molecule has 14 nitrogen and oxygen atoms in total. The van der Waals surface area contributed by atoms with Crippen molar-refractivity contribution in [1.29, 1.82) is 0 Å². The fraction of sp³-hybridized carbons (Fsp3) is 1.00. The van der Waals surface area contributed by atoms with Crippen molar-refractivity contribution < 1.29 is 54.5 Å². The van der Waals surface area contributed by atoms with Crippen molar-refractivity contribution in [2.45, 2.75) is 0 Å². The summed E-state index contributed by atoms with van der Waals surface area (Å²) in [7, 11) is 0. The van der Waals surface area contributed by atoms with Crippen molar-refractivity contribution in [3.8, 4) is 0 Å². The number of hydrogen-bond donors (Lipinski definition) is 6. The Balaban J connectivity index is -0.000000520. The normalized spacial score (nSPS) is 20.2. The van der Waals surface area contributed by atoms with E-state index in [9.17, 15) is 0 Å². The van der Waals surface area contributed by atoms with E-state index < -0.39 is 0 Å². The Hall–Kier alpha value is 0.414. The van der Waals surface area contributed by atoms with Crippen molar-refractivity contribution in [3.63, 3.8) is 0 Å². The number of rotatable bonds is 0. The second-order valence-electron chi connectivity index (χ2n) is 6.95. The Morgan fingerprint density at radius 1 is 0.306 bits per heavy atom. The second-order valence-corrected chi connectivity index (χ2v) is 6.95. The summed E-state index contributed by atoms with van der Waals surface area (Å²) in [5.41, 5.74) is 0. The molecule has 1 saturated heterocycles. The molecule has 1 aliphatic heterocycles. The second kappa shape index (κ2) is 45.3. The molecule has 0 saturated carbocycles. The van der Waals surface area contributed by atoms with Crippen LogP contribution in [0.1, 0.15) is 0 Å². The van der Waals surface area contributed by atoms with E-state index in [4.69, 9.17) is 18.9 Å². The van der Waals surface area contributed by atoms with Gasteiger partial charge in [-0.1, -0.05) is 0 Å². The van der Waals surface area contributed by atoms with Crippen LogP contribution in [0.15, 0.2) is 0 Å². The van der Waals surface area contributed by atoms with Gasteiger partial charge in [0.25, 0.3) is 0 Å². The Kier molecular flexibility index (Phi) is 58.3. The van der Waals surface area contributed by atoms with Gasteiger partial charge in [-0.2, -0.15) is 0 Å². The van der Waals surface area contributed by atoms with Crippen LogP contribution in [0.2, 0.25) is 0 Å². The first kappa shape index (κ1) is 46.3. The molecule has 0 bridgehead atoms. The van der Waals surface area contributed by atoms with E-state index in [2.05, 4.69) is 59.8 Å². The van der Waals surface area contributed by atoms with Gasteiger partial charge in [0.1, 0.15) is 0 Å². The zero-order valence-electron chi connectivity index (χ0n) is 21.5. The van der Waals surface area contributed by atoms with Gasteiger partial charge in [-0.3, -0.25) is 0 Å². The molecular weight excluding hydrogens is 591 g/mol.